The molecule has 1 spiro atoms. The highest BCUT2D eigenvalue weighted by Crippen LogP contribution is 2.33. The number of carbonyl (C=O) groups is 4. The zero-order valence-corrected chi connectivity index (χ0v) is 18.5. The molecule has 3 fully saturated rings. The SMILES string of the molecule is COC(=O)c1cccn1C1CCN(CCC(=O)NN2C(=O)NC3(CCCCC3)C2=O)CC1. The number of hydrazine groups is 1. The molecule has 2 aliphatic heterocycles. The Morgan fingerprint density at radius 2 is 1.91 bits per heavy atom. The van der Waals surface area contributed by atoms with E-state index in [1.54, 1.807) is 6.07 Å². The first-order chi connectivity index (χ1) is 15.4. The quantitative estimate of drug-likeness (QED) is 0.508. The number of hydrogen-bond acceptors (Lipinski definition) is 6. The predicted octanol–water partition coefficient (Wildman–Crippen LogP) is 1.59. The van der Waals surface area contributed by atoms with E-state index in [4.69, 9.17) is 4.74 Å². The number of rotatable bonds is 6. The van der Waals surface area contributed by atoms with Crippen molar-refractivity contribution in [3.63, 3.8) is 0 Å². The lowest BCUT2D eigenvalue weighted by Gasteiger charge is -2.33. The number of amides is 4. The Morgan fingerprint density at radius 1 is 1.19 bits per heavy atom. The predicted molar refractivity (Wildman–Crippen MR) is 114 cm³/mol. The zero-order chi connectivity index (χ0) is 22.7. The summed E-state index contributed by atoms with van der Waals surface area (Å²) in [6, 6.07) is 3.27. The van der Waals surface area contributed by atoms with Crippen LogP contribution in [0.2, 0.25) is 0 Å². The number of imide groups is 1. The van der Waals surface area contributed by atoms with Crippen LogP contribution in [0.25, 0.3) is 0 Å². The van der Waals surface area contributed by atoms with Gasteiger partial charge in [0.1, 0.15) is 11.2 Å². The molecule has 0 atom stereocenters. The fourth-order valence-electron chi connectivity index (χ4n) is 5.07. The van der Waals surface area contributed by atoms with Crippen molar-refractivity contribution in [1.29, 1.82) is 0 Å². The topological polar surface area (TPSA) is 113 Å². The Bertz CT molecular complexity index is 883. The van der Waals surface area contributed by atoms with Gasteiger partial charge in [-0.1, -0.05) is 19.3 Å². The van der Waals surface area contributed by atoms with Crippen molar-refractivity contribution in [2.45, 2.75) is 62.9 Å². The monoisotopic (exact) mass is 445 g/mol. The molecule has 1 aromatic heterocycles. The van der Waals surface area contributed by atoms with E-state index in [1.165, 1.54) is 7.11 Å². The first-order valence-corrected chi connectivity index (χ1v) is 11.4. The Hall–Kier alpha value is -2.88. The third-order valence-electron chi connectivity index (χ3n) is 6.88. The van der Waals surface area contributed by atoms with E-state index in [9.17, 15) is 19.2 Å². The van der Waals surface area contributed by atoms with E-state index in [0.29, 0.717) is 25.1 Å². The fraction of sp³-hybridized carbons (Fsp3) is 0.636. The van der Waals surface area contributed by atoms with Crippen LogP contribution in [0, 0.1) is 0 Å². The van der Waals surface area contributed by atoms with E-state index >= 15 is 0 Å². The molecule has 32 heavy (non-hydrogen) atoms. The highest BCUT2D eigenvalue weighted by molar-refractivity contribution is 6.08. The summed E-state index contributed by atoms with van der Waals surface area (Å²) in [5, 5.41) is 3.65. The largest absolute Gasteiger partial charge is 0.464 e. The minimum absolute atomic E-state index is 0.200. The maximum Gasteiger partial charge on any atom is 0.354 e. The van der Waals surface area contributed by atoms with Gasteiger partial charge in [-0.2, -0.15) is 5.01 Å². The van der Waals surface area contributed by atoms with Gasteiger partial charge >= 0.3 is 12.0 Å². The Balaban J connectivity index is 1.24. The van der Waals surface area contributed by atoms with Gasteiger partial charge in [-0.15, -0.1) is 0 Å². The first-order valence-electron chi connectivity index (χ1n) is 11.4. The van der Waals surface area contributed by atoms with Crippen molar-refractivity contribution in [2.75, 3.05) is 26.7 Å². The first kappa shape index (κ1) is 22.3. The van der Waals surface area contributed by atoms with Gasteiger partial charge < -0.3 is 19.5 Å². The Kier molecular flexibility index (Phi) is 6.50. The molecule has 174 valence electrons. The minimum atomic E-state index is -0.841. The third-order valence-corrected chi connectivity index (χ3v) is 6.88. The fourth-order valence-corrected chi connectivity index (χ4v) is 5.07. The molecule has 0 radical (unpaired) electrons. The number of ether oxygens (including phenoxy) is 1. The van der Waals surface area contributed by atoms with Gasteiger partial charge in [0, 0.05) is 38.3 Å². The number of hydrogen-bond donors (Lipinski definition) is 2. The minimum Gasteiger partial charge on any atom is -0.464 e. The van der Waals surface area contributed by atoms with Gasteiger partial charge in [-0.05, 0) is 37.8 Å². The van der Waals surface area contributed by atoms with Crippen LogP contribution < -0.4 is 10.7 Å². The molecule has 3 aliphatic rings. The van der Waals surface area contributed by atoms with Crippen molar-refractivity contribution < 1.29 is 23.9 Å². The molecule has 3 heterocycles. The van der Waals surface area contributed by atoms with Crippen molar-refractivity contribution in [3.05, 3.63) is 24.0 Å². The lowest BCUT2D eigenvalue weighted by Crippen LogP contribution is -2.51. The summed E-state index contributed by atoms with van der Waals surface area (Å²) in [7, 11) is 1.38. The molecular weight excluding hydrogens is 414 g/mol. The average Bonchev–Trinajstić information content (AvgIpc) is 3.38. The van der Waals surface area contributed by atoms with E-state index in [0.717, 1.165) is 50.2 Å². The number of piperidine rings is 1. The molecule has 2 N–H and O–H groups in total. The molecule has 1 aliphatic carbocycles. The van der Waals surface area contributed by atoms with E-state index in [2.05, 4.69) is 15.6 Å². The Labute approximate surface area is 187 Å². The summed E-state index contributed by atoms with van der Waals surface area (Å²) in [6.45, 7) is 2.13. The maximum absolute atomic E-state index is 12.8. The van der Waals surface area contributed by atoms with Crippen molar-refractivity contribution in [3.8, 4) is 0 Å². The number of urea groups is 1. The van der Waals surface area contributed by atoms with Crippen LogP contribution in [0.5, 0.6) is 0 Å². The second-order valence-corrected chi connectivity index (χ2v) is 8.86. The van der Waals surface area contributed by atoms with Crippen LogP contribution in [0.1, 0.15) is 67.9 Å². The van der Waals surface area contributed by atoms with Crippen LogP contribution in [0.3, 0.4) is 0 Å². The number of nitrogens with zero attached hydrogens (tertiary/aromatic N) is 3. The van der Waals surface area contributed by atoms with Gasteiger partial charge in [-0.25, -0.2) is 9.59 Å². The summed E-state index contributed by atoms with van der Waals surface area (Å²) >= 11 is 0. The van der Waals surface area contributed by atoms with E-state index < -0.39 is 11.6 Å². The van der Waals surface area contributed by atoms with Gasteiger partial charge in [0.15, 0.2) is 0 Å². The molecule has 10 nitrogen and oxygen atoms in total. The normalized spacial score (nSPS) is 21.6. The van der Waals surface area contributed by atoms with E-state index in [-0.39, 0.29) is 30.2 Å². The lowest BCUT2D eigenvalue weighted by atomic mass is 9.82. The standard InChI is InChI=1S/C22H31N5O5/c1-32-19(29)17-6-5-12-26(17)16-7-13-25(14-8-16)15-9-18(28)24-27-20(30)22(23-21(27)31)10-3-2-4-11-22/h5-6,12,16H,2-4,7-11,13-15H2,1H3,(H,23,31)(H,24,28). The average molecular weight is 446 g/mol. The molecule has 1 aromatic rings. The second kappa shape index (κ2) is 9.32. The van der Waals surface area contributed by atoms with Crippen LogP contribution >= 0.6 is 0 Å². The van der Waals surface area contributed by atoms with Crippen molar-refractivity contribution in [2.24, 2.45) is 0 Å². The van der Waals surface area contributed by atoms with Crippen molar-refractivity contribution in [1.82, 2.24) is 25.2 Å². The number of likely N-dealkylation sites (tertiary alicyclic amines) is 1. The molecule has 4 rings (SSSR count). The van der Waals surface area contributed by atoms with Crippen molar-refractivity contribution >= 4 is 23.8 Å². The van der Waals surface area contributed by atoms with Crippen LogP contribution in [-0.4, -0.2) is 70.6 Å². The third kappa shape index (κ3) is 4.36. The maximum atomic E-state index is 12.8. The van der Waals surface area contributed by atoms with Crippen LogP contribution in [0.15, 0.2) is 18.3 Å². The molecule has 0 aromatic carbocycles. The number of methoxy groups -OCH3 is 1. The van der Waals surface area contributed by atoms with Gasteiger partial charge in [0.25, 0.3) is 5.91 Å². The Morgan fingerprint density at radius 3 is 2.59 bits per heavy atom. The smallest absolute Gasteiger partial charge is 0.354 e. The summed E-state index contributed by atoms with van der Waals surface area (Å²) < 4.78 is 6.81. The molecular formula is C22H31N5O5. The molecule has 0 bridgehead atoms. The second-order valence-electron chi connectivity index (χ2n) is 8.86. The zero-order valence-electron chi connectivity index (χ0n) is 18.5. The lowest BCUT2D eigenvalue weighted by molar-refractivity contribution is -0.140. The highest BCUT2D eigenvalue weighted by Gasteiger charge is 2.52. The number of esters is 1. The molecule has 2 saturated heterocycles. The van der Waals surface area contributed by atoms with Gasteiger partial charge in [-0.3, -0.25) is 15.0 Å². The molecule has 10 heteroatoms. The summed E-state index contributed by atoms with van der Waals surface area (Å²) in [6.07, 6.45) is 7.91. The summed E-state index contributed by atoms with van der Waals surface area (Å²) in [5.41, 5.74) is 2.21. The van der Waals surface area contributed by atoms with Crippen LogP contribution in [0.4, 0.5) is 4.79 Å². The van der Waals surface area contributed by atoms with Gasteiger partial charge in [0.2, 0.25) is 5.91 Å². The molecule has 0 unspecified atom stereocenters. The molecule has 4 amide bonds. The number of aromatic nitrogens is 1. The summed E-state index contributed by atoms with van der Waals surface area (Å²) in [5.74, 6) is -1.03. The highest BCUT2D eigenvalue weighted by atomic mass is 16.5. The molecule has 1 saturated carbocycles. The number of carbonyl (C=O) groups excluding carboxylic acids is 4. The van der Waals surface area contributed by atoms with Crippen LogP contribution in [-0.2, 0) is 14.3 Å². The number of nitrogens with one attached hydrogen (secondary N) is 2. The van der Waals surface area contributed by atoms with E-state index in [1.807, 2.05) is 16.8 Å². The summed E-state index contributed by atoms with van der Waals surface area (Å²) in [4.78, 5) is 51.6. The van der Waals surface area contributed by atoms with Gasteiger partial charge in [0.05, 0.1) is 7.11 Å².